The van der Waals surface area contributed by atoms with E-state index in [1.54, 1.807) is 6.92 Å². The van der Waals surface area contributed by atoms with Crippen LogP contribution in [0.15, 0.2) is 6.33 Å². The van der Waals surface area contributed by atoms with Gasteiger partial charge in [-0.2, -0.15) is 5.10 Å². The summed E-state index contributed by atoms with van der Waals surface area (Å²) in [5.74, 6) is 0.793. The van der Waals surface area contributed by atoms with Crippen LogP contribution >= 0.6 is 0 Å². The van der Waals surface area contributed by atoms with Gasteiger partial charge in [-0.25, -0.2) is 10.1 Å². The summed E-state index contributed by atoms with van der Waals surface area (Å²) >= 11 is 0. The molecule has 0 bridgehead atoms. The first-order chi connectivity index (χ1) is 7.18. The van der Waals surface area contributed by atoms with Crippen LogP contribution in [0.2, 0.25) is 0 Å². The molecular weight excluding hydrogens is 194 g/mol. The number of rotatable bonds is 2. The molecule has 0 spiro atoms. The number of amides is 1. The number of aromatic amines is 1. The first-order valence-electron chi connectivity index (χ1n) is 5.07. The maximum Gasteiger partial charge on any atom is 0.219 e. The first kappa shape index (κ1) is 9.95. The van der Waals surface area contributed by atoms with Crippen molar-refractivity contribution in [3.63, 3.8) is 0 Å². The Balaban J connectivity index is 1.98. The summed E-state index contributed by atoms with van der Waals surface area (Å²) in [5, 5.41) is 9.75. The van der Waals surface area contributed by atoms with E-state index in [9.17, 15) is 4.79 Å². The molecule has 0 saturated carbocycles. The molecule has 0 aliphatic carbocycles. The zero-order valence-corrected chi connectivity index (χ0v) is 8.90. The smallest absolute Gasteiger partial charge is 0.219 e. The Morgan fingerprint density at radius 2 is 2.53 bits per heavy atom. The third kappa shape index (κ3) is 1.93. The van der Waals surface area contributed by atoms with Gasteiger partial charge in [0.1, 0.15) is 6.33 Å². The molecule has 1 amide bonds. The van der Waals surface area contributed by atoms with Crippen LogP contribution in [0, 0.1) is 0 Å². The Kier molecular flexibility index (Phi) is 2.57. The Hall–Kier alpha value is -1.59. The quantitative estimate of drug-likeness (QED) is 0.731. The van der Waals surface area contributed by atoms with Crippen molar-refractivity contribution in [2.75, 3.05) is 11.9 Å². The lowest BCUT2D eigenvalue weighted by Gasteiger charge is -2.23. The second-order valence-electron chi connectivity index (χ2n) is 3.83. The van der Waals surface area contributed by atoms with Gasteiger partial charge >= 0.3 is 0 Å². The summed E-state index contributed by atoms with van der Waals surface area (Å²) in [6.45, 7) is 4.46. The summed E-state index contributed by atoms with van der Waals surface area (Å²) in [6.07, 6.45) is 2.41. The number of hydrogen-bond donors (Lipinski definition) is 2. The number of nitrogens with one attached hydrogen (secondary N) is 2. The lowest BCUT2D eigenvalue weighted by Crippen LogP contribution is -2.38. The first-order valence-corrected chi connectivity index (χ1v) is 5.07. The molecule has 6 nitrogen and oxygen atoms in total. The highest BCUT2D eigenvalue weighted by atomic mass is 16.2. The van der Waals surface area contributed by atoms with Crippen LogP contribution in [0.25, 0.3) is 0 Å². The largest absolute Gasteiger partial charge is 0.350 e. The average molecular weight is 209 g/mol. The zero-order chi connectivity index (χ0) is 10.8. The summed E-state index contributed by atoms with van der Waals surface area (Å²) < 4.78 is 0. The predicted molar refractivity (Wildman–Crippen MR) is 55.3 cm³/mol. The highest BCUT2D eigenvalue weighted by Gasteiger charge is 2.32. The van der Waals surface area contributed by atoms with Crippen molar-refractivity contribution >= 4 is 11.9 Å². The molecule has 1 aliphatic rings. The third-order valence-electron chi connectivity index (χ3n) is 2.90. The van der Waals surface area contributed by atoms with Crippen molar-refractivity contribution in [2.24, 2.45) is 0 Å². The summed E-state index contributed by atoms with van der Waals surface area (Å²) in [6, 6.07) is 0.453. The van der Waals surface area contributed by atoms with Crippen LogP contribution in [-0.4, -0.2) is 44.6 Å². The molecule has 0 aromatic carbocycles. The van der Waals surface area contributed by atoms with Gasteiger partial charge in [-0.05, 0) is 13.3 Å². The van der Waals surface area contributed by atoms with Gasteiger partial charge in [-0.3, -0.25) is 4.79 Å². The van der Waals surface area contributed by atoms with Crippen LogP contribution < -0.4 is 5.32 Å². The molecule has 2 atom stereocenters. The Bertz CT molecular complexity index is 336. The van der Waals surface area contributed by atoms with Crippen molar-refractivity contribution < 1.29 is 4.79 Å². The van der Waals surface area contributed by atoms with Gasteiger partial charge in [-0.15, -0.1) is 0 Å². The van der Waals surface area contributed by atoms with Crippen molar-refractivity contribution in [1.29, 1.82) is 0 Å². The van der Waals surface area contributed by atoms with Crippen molar-refractivity contribution in [1.82, 2.24) is 20.1 Å². The van der Waals surface area contributed by atoms with Crippen molar-refractivity contribution in [3.05, 3.63) is 6.33 Å². The van der Waals surface area contributed by atoms with Gasteiger partial charge in [0.2, 0.25) is 11.9 Å². The lowest BCUT2D eigenvalue weighted by atomic mass is 10.1. The van der Waals surface area contributed by atoms with Crippen LogP contribution in [-0.2, 0) is 4.79 Å². The number of hydrogen-bond acceptors (Lipinski definition) is 4. The Morgan fingerprint density at radius 1 is 1.73 bits per heavy atom. The maximum atomic E-state index is 11.3. The fourth-order valence-corrected chi connectivity index (χ4v) is 2.03. The van der Waals surface area contributed by atoms with E-state index in [0.29, 0.717) is 5.95 Å². The van der Waals surface area contributed by atoms with Gasteiger partial charge in [0.25, 0.3) is 0 Å². The molecule has 15 heavy (non-hydrogen) atoms. The molecule has 0 radical (unpaired) electrons. The lowest BCUT2D eigenvalue weighted by molar-refractivity contribution is -0.129. The van der Waals surface area contributed by atoms with Crippen LogP contribution in [0.3, 0.4) is 0 Å². The fourth-order valence-electron chi connectivity index (χ4n) is 2.03. The average Bonchev–Trinajstić information content (AvgIpc) is 2.78. The minimum atomic E-state index is 0.129. The SMILES string of the molecule is CC(=O)N1CCC(Nc2ncn[nH]2)C1C. The third-order valence-corrected chi connectivity index (χ3v) is 2.90. The van der Waals surface area contributed by atoms with E-state index in [1.807, 2.05) is 11.8 Å². The number of carbonyl (C=O) groups excluding carboxylic acids is 1. The number of likely N-dealkylation sites (tertiary alicyclic amines) is 1. The monoisotopic (exact) mass is 209 g/mol. The molecule has 2 unspecified atom stereocenters. The highest BCUT2D eigenvalue weighted by molar-refractivity contribution is 5.74. The molecule has 2 rings (SSSR count). The number of anilines is 1. The molecule has 1 saturated heterocycles. The maximum absolute atomic E-state index is 11.3. The van der Waals surface area contributed by atoms with E-state index in [4.69, 9.17) is 0 Å². The number of aromatic nitrogens is 3. The van der Waals surface area contributed by atoms with E-state index >= 15 is 0 Å². The number of H-pyrrole nitrogens is 1. The van der Waals surface area contributed by atoms with Crippen molar-refractivity contribution in [3.8, 4) is 0 Å². The van der Waals surface area contributed by atoms with E-state index < -0.39 is 0 Å². The molecule has 1 aliphatic heterocycles. The van der Waals surface area contributed by atoms with E-state index in [1.165, 1.54) is 6.33 Å². The topological polar surface area (TPSA) is 73.9 Å². The molecule has 2 N–H and O–H groups in total. The number of nitrogens with zero attached hydrogens (tertiary/aromatic N) is 3. The van der Waals surface area contributed by atoms with Gasteiger partial charge in [-0.1, -0.05) is 0 Å². The Labute approximate surface area is 88.1 Å². The normalized spacial score (nSPS) is 25.6. The van der Waals surface area contributed by atoms with Crippen molar-refractivity contribution in [2.45, 2.75) is 32.4 Å². The van der Waals surface area contributed by atoms with Gasteiger partial charge < -0.3 is 10.2 Å². The highest BCUT2D eigenvalue weighted by Crippen LogP contribution is 2.20. The van der Waals surface area contributed by atoms with Crippen LogP contribution in [0.5, 0.6) is 0 Å². The minimum Gasteiger partial charge on any atom is -0.350 e. The molecule has 1 aromatic rings. The standard InChI is InChI=1S/C9H15N5O/c1-6-8(3-4-14(6)7(2)15)12-9-10-5-11-13-9/h5-6,8H,3-4H2,1-2H3,(H2,10,11,12,13). The zero-order valence-electron chi connectivity index (χ0n) is 8.90. The van der Waals surface area contributed by atoms with Gasteiger partial charge in [0, 0.05) is 19.5 Å². The second kappa shape index (κ2) is 3.88. The molecular formula is C9H15N5O. The molecule has 6 heteroatoms. The fraction of sp³-hybridized carbons (Fsp3) is 0.667. The molecule has 82 valence electrons. The van der Waals surface area contributed by atoms with E-state index in [-0.39, 0.29) is 18.0 Å². The summed E-state index contributed by atoms with van der Waals surface area (Å²) in [5.41, 5.74) is 0. The van der Waals surface area contributed by atoms with Gasteiger partial charge in [0.05, 0.1) is 6.04 Å². The van der Waals surface area contributed by atoms with E-state index in [0.717, 1.165) is 13.0 Å². The number of carbonyl (C=O) groups is 1. The summed E-state index contributed by atoms with van der Waals surface area (Å²) in [4.78, 5) is 17.1. The van der Waals surface area contributed by atoms with E-state index in [2.05, 4.69) is 20.5 Å². The van der Waals surface area contributed by atoms with Crippen LogP contribution in [0.4, 0.5) is 5.95 Å². The molecule has 1 fully saturated rings. The minimum absolute atomic E-state index is 0.129. The molecule has 1 aromatic heterocycles. The molecule has 2 heterocycles. The Morgan fingerprint density at radius 3 is 3.07 bits per heavy atom. The second-order valence-corrected chi connectivity index (χ2v) is 3.83. The van der Waals surface area contributed by atoms with Crippen LogP contribution in [0.1, 0.15) is 20.3 Å². The predicted octanol–water partition coefficient (Wildman–Crippen LogP) is 0.226. The summed E-state index contributed by atoms with van der Waals surface area (Å²) in [7, 11) is 0. The van der Waals surface area contributed by atoms with Gasteiger partial charge in [0.15, 0.2) is 0 Å².